The van der Waals surface area contributed by atoms with Crippen molar-refractivity contribution >= 4 is 0 Å². The molecule has 0 unspecified atom stereocenters. The highest BCUT2D eigenvalue weighted by atomic mass is 14.3. The van der Waals surface area contributed by atoms with Gasteiger partial charge in [-0.2, -0.15) is 0 Å². The molecule has 0 fully saturated rings. The van der Waals surface area contributed by atoms with E-state index in [0.717, 1.165) is 0 Å². The molecule has 3 aromatic rings. The first-order valence-corrected chi connectivity index (χ1v) is 11.6. The van der Waals surface area contributed by atoms with Crippen LogP contribution in [0.2, 0.25) is 0 Å². The van der Waals surface area contributed by atoms with Crippen LogP contribution in [0.15, 0.2) is 54.6 Å². The van der Waals surface area contributed by atoms with Gasteiger partial charge in [0.1, 0.15) is 0 Å². The third-order valence-electron chi connectivity index (χ3n) is 6.43. The minimum absolute atomic E-state index is 0.120. The van der Waals surface area contributed by atoms with Crippen molar-refractivity contribution in [2.75, 3.05) is 0 Å². The van der Waals surface area contributed by atoms with E-state index < -0.39 is 0 Å². The van der Waals surface area contributed by atoms with Crippen molar-refractivity contribution in [1.29, 1.82) is 0 Å². The van der Waals surface area contributed by atoms with E-state index in [-0.39, 0.29) is 16.7 Å². The van der Waals surface area contributed by atoms with E-state index in [2.05, 4.69) is 124 Å². The van der Waals surface area contributed by atoms with Crippen LogP contribution in [0.4, 0.5) is 0 Å². The maximum Gasteiger partial charge on any atom is 0.0345 e. The summed E-state index contributed by atoms with van der Waals surface area (Å²) < 4.78 is 0. The van der Waals surface area contributed by atoms with Gasteiger partial charge in [0.15, 0.2) is 0 Å². The van der Waals surface area contributed by atoms with Gasteiger partial charge in [0, 0.05) is 5.92 Å². The SMILES string of the molecule is Cc1cc(C(c2cc(C)cc(C(C)(C)C)c2)c2c(C)cccc2C)cc(C(C)(C)C)c1. The fourth-order valence-corrected chi connectivity index (χ4v) is 4.63. The molecular formula is C31H40. The molecule has 0 N–H and O–H groups in total. The molecular weight excluding hydrogens is 372 g/mol. The zero-order valence-corrected chi connectivity index (χ0v) is 21.3. The van der Waals surface area contributed by atoms with E-state index in [1.165, 1.54) is 50.1 Å². The first kappa shape index (κ1) is 23.3. The lowest BCUT2D eigenvalue weighted by Gasteiger charge is -2.28. The van der Waals surface area contributed by atoms with Crippen LogP contribution in [0.25, 0.3) is 0 Å². The molecule has 0 heteroatoms. The van der Waals surface area contributed by atoms with Crippen LogP contribution in [-0.2, 0) is 10.8 Å². The van der Waals surface area contributed by atoms with Crippen molar-refractivity contribution < 1.29 is 0 Å². The lowest BCUT2D eigenvalue weighted by Crippen LogP contribution is -2.16. The van der Waals surface area contributed by atoms with Crippen molar-refractivity contribution in [3.8, 4) is 0 Å². The highest BCUT2D eigenvalue weighted by Gasteiger charge is 2.25. The third-order valence-corrected chi connectivity index (χ3v) is 6.43. The Labute approximate surface area is 190 Å². The Kier molecular flexibility index (Phi) is 6.25. The largest absolute Gasteiger partial charge is 0.0617 e. The van der Waals surface area contributed by atoms with Gasteiger partial charge in [-0.15, -0.1) is 0 Å². The molecule has 0 spiro atoms. The van der Waals surface area contributed by atoms with E-state index >= 15 is 0 Å². The monoisotopic (exact) mass is 412 g/mol. The summed E-state index contributed by atoms with van der Waals surface area (Å²) in [6, 6.07) is 21.1. The molecule has 0 bridgehead atoms. The van der Waals surface area contributed by atoms with E-state index in [1.807, 2.05) is 0 Å². The second-order valence-corrected chi connectivity index (χ2v) is 11.5. The van der Waals surface area contributed by atoms with Crippen LogP contribution in [0.3, 0.4) is 0 Å². The van der Waals surface area contributed by atoms with Gasteiger partial charge in [0.2, 0.25) is 0 Å². The van der Waals surface area contributed by atoms with Crippen molar-refractivity contribution in [3.63, 3.8) is 0 Å². The van der Waals surface area contributed by atoms with Gasteiger partial charge in [-0.05, 0) is 77.5 Å². The Hall–Kier alpha value is -2.34. The highest BCUT2D eigenvalue weighted by molar-refractivity contribution is 5.53. The van der Waals surface area contributed by atoms with Gasteiger partial charge in [0.05, 0.1) is 0 Å². The number of hydrogen-bond acceptors (Lipinski definition) is 0. The predicted molar refractivity (Wildman–Crippen MR) is 137 cm³/mol. The zero-order chi connectivity index (χ0) is 23.1. The van der Waals surface area contributed by atoms with Gasteiger partial charge < -0.3 is 0 Å². The maximum atomic E-state index is 2.45. The van der Waals surface area contributed by atoms with E-state index in [1.54, 1.807) is 0 Å². The molecule has 0 radical (unpaired) electrons. The maximum absolute atomic E-state index is 2.45. The van der Waals surface area contributed by atoms with Crippen molar-refractivity contribution in [1.82, 2.24) is 0 Å². The Morgan fingerprint density at radius 1 is 0.548 bits per heavy atom. The summed E-state index contributed by atoms with van der Waals surface area (Å²) in [5.74, 6) is 0.225. The third kappa shape index (κ3) is 5.12. The molecule has 164 valence electrons. The van der Waals surface area contributed by atoms with Gasteiger partial charge >= 0.3 is 0 Å². The number of rotatable bonds is 3. The molecule has 0 aliphatic rings. The fourth-order valence-electron chi connectivity index (χ4n) is 4.63. The van der Waals surface area contributed by atoms with Gasteiger partial charge in [-0.3, -0.25) is 0 Å². The molecule has 0 aliphatic heterocycles. The second kappa shape index (κ2) is 8.30. The summed E-state index contributed by atoms with van der Waals surface area (Å²) in [6.45, 7) is 22.8. The highest BCUT2D eigenvalue weighted by Crippen LogP contribution is 2.40. The van der Waals surface area contributed by atoms with Gasteiger partial charge in [-0.25, -0.2) is 0 Å². The van der Waals surface area contributed by atoms with Crippen molar-refractivity contribution in [2.45, 2.75) is 86.0 Å². The average Bonchev–Trinajstić information content (AvgIpc) is 2.62. The summed E-state index contributed by atoms with van der Waals surface area (Å²) >= 11 is 0. The summed E-state index contributed by atoms with van der Waals surface area (Å²) in [7, 11) is 0. The molecule has 0 amide bonds. The smallest absolute Gasteiger partial charge is 0.0345 e. The molecule has 0 aliphatic carbocycles. The molecule has 3 aromatic carbocycles. The molecule has 0 nitrogen and oxygen atoms in total. The lowest BCUT2D eigenvalue weighted by atomic mass is 9.76. The van der Waals surface area contributed by atoms with E-state index in [4.69, 9.17) is 0 Å². The van der Waals surface area contributed by atoms with Gasteiger partial charge in [-0.1, -0.05) is 107 Å². The number of aryl methyl sites for hydroxylation is 4. The first-order chi connectivity index (χ1) is 14.3. The first-order valence-electron chi connectivity index (χ1n) is 11.6. The van der Waals surface area contributed by atoms with E-state index in [0.29, 0.717) is 0 Å². The molecule has 0 saturated carbocycles. The topological polar surface area (TPSA) is 0 Å². The number of benzene rings is 3. The summed E-state index contributed by atoms with van der Waals surface area (Å²) in [5, 5.41) is 0. The van der Waals surface area contributed by atoms with Crippen LogP contribution < -0.4 is 0 Å². The van der Waals surface area contributed by atoms with E-state index in [9.17, 15) is 0 Å². The molecule has 0 aromatic heterocycles. The molecule has 0 saturated heterocycles. The molecule has 3 rings (SSSR count). The summed E-state index contributed by atoms with van der Waals surface area (Å²) in [4.78, 5) is 0. The second-order valence-electron chi connectivity index (χ2n) is 11.5. The Bertz CT molecular complexity index is 1000. The lowest BCUT2D eigenvalue weighted by molar-refractivity contribution is 0.587. The van der Waals surface area contributed by atoms with Crippen LogP contribution in [0.5, 0.6) is 0 Å². The van der Waals surface area contributed by atoms with Crippen molar-refractivity contribution in [2.24, 2.45) is 0 Å². The van der Waals surface area contributed by atoms with Gasteiger partial charge in [0.25, 0.3) is 0 Å². The Morgan fingerprint density at radius 2 is 0.935 bits per heavy atom. The average molecular weight is 413 g/mol. The molecule has 0 atom stereocenters. The van der Waals surface area contributed by atoms with Crippen LogP contribution in [0.1, 0.15) is 97.5 Å². The normalized spacial score (nSPS) is 12.5. The van der Waals surface area contributed by atoms with Crippen LogP contribution >= 0.6 is 0 Å². The predicted octanol–water partition coefficient (Wildman–Crippen LogP) is 8.70. The Morgan fingerprint density at radius 3 is 1.29 bits per heavy atom. The fraction of sp³-hybridized carbons (Fsp3) is 0.419. The van der Waals surface area contributed by atoms with Crippen LogP contribution in [-0.4, -0.2) is 0 Å². The minimum atomic E-state index is 0.120. The molecule has 0 heterocycles. The standard InChI is InChI=1S/C31H40/c1-20-14-24(18-26(16-20)30(5,6)7)29(28-22(3)12-11-13-23(28)4)25-15-21(2)17-27(19-25)31(8,9)10/h11-19,29H,1-10H3. The van der Waals surface area contributed by atoms with Crippen molar-refractivity contribution in [3.05, 3.63) is 105 Å². The number of hydrogen-bond donors (Lipinski definition) is 0. The summed E-state index contributed by atoms with van der Waals surface area (Å²) in [5.41, 5.74) is 12.7. The quantitative estimate of drug-likeness (QED) is 0.377. The zero-order valence-electron chi connectivity index (χ0n) is 21.3. The minimum Gasteiger partial charge on any atom is -0.0617 e. The summed E-state index contributed by atoms with van der Waals surface area (Å²) in [6.07, 6.45) is 0. The molecule has 31 heavy (non-hydrogen) atoms. The van der Waals surface area contributed by atoms with Crippen LogP contribution in [0, 0.1) is 27.7 Å². The Balaban J connectivity index is 2.37.